The van der Waals surface area contributed by atoms with E-state index in [1.165, 1.54) is 11.8 Å². The summed E-state index contributed by atoms with van der Waals surface area (Å²) >= 11 is 6.92. The second kappa shape index (κ2) is 11.4. The van der Waals surface area contributed by atoms with Crippen LogP contribution in [0.2, 0.25) is 0 Å². The van der Waals surface area contributed by atoms with Crippen LogP contribution in [0.4, 0.5) is 5.82 Å². The highest BCUT2D eigenvalue weighted by Gasteiger charge is 2.36. The standard InChI is InChI=1S/C28H32N4O2S2/c1-4-5-16-31-25(30-14-10-7-11-15-30)22(19(2)23(18-29)26(31)33)17-24-27(34)32(28(35)36-24)20(3)21-12-8-6-9-13-21/h6,8-9,12-13,17,20H,4-5,7,10-11,14-16H2,1-3H3/b24-17+. The van der Waals surface area contributed by atoms with Crippen LogP contribution < -0.4 is 10.5 Å². The van der Waals surface area contributed by atoms with Gasteiger partial charge in [-0.3, -0.25) is 19.1 Å². The molecule has 1 atom stereocenters. The molecule has 2 fully saturated rings. The minimum Gasteiger partial charge on any atom is -0.357 e. The predicted molar refractivity (Wildman–Crippen MR) is 151 cm³/mol. The van der Waals surface area contributed by atoms with Gasteiger partial charge in [-0.15, -0.1) is 0 Å². The van der Waals surface area contributed by atoms with Gasteiger partial charge in [0, 0.05) is 25.2 Å². The number of amides is 1. The fourth-order valence-corrected chi connectivity index (χ4v) is 6.34. The number of rotatable bonds is 7. The maximum absolute atomic E-state index is 13.6. The number of hydrogen-bond donors (Lipinski definition) is 0. The summed E-state index contributed by atoms with van der Waals surface area (Å²) in [4.78, 5) is 31.4. The van der Waals surface area contributed by atoms with Gasteiger partial charge in [-0.1, -0.05) is 67.7 Å². The lowest BCUT2D eigenvalue weighted by Crippen LogP contribution is -2.37. The summed E-state index contributed by atoms with van der Waals surface area (Å²) < 4.78 is 2.28. The zero-order chi connectivity index (χ0) is 25.8. The Morgan fingerprint density at radius 2 is 1.86 bits per heavy atom. The molecule has 1 aromatic heterocycles. The minimum atomic E-state index is -0.244. The smallest absolute Gasteiger partial charge is 0.270 e. The van der Waals surface area contributed by atoms with Gasteiger partial charge in [-0.25, -0.2) is 0 Å². The molecule has 2 aliphatic rings. The first-order chi connectivity index (χ1) is 17.4. The first-order valence-corrected chi connectivity index (χ1v) is 13.9. The molecule has 6 nitrogen and oxygen atoms in total. The van der Waals surface area contributed by atoms with Crippen molar-refractivity contribution in [2.75, 3.05) is 18.0 Å². The number of benzene rings is 1. The first-order valence-electron chi connectivity index (χ1n) is 12.6. The van der Waals surface area contributed by atoms with E-state index in [1.807, 2.05) is 50.3 Å². The maximum Gasteiger partial charge on any atom is 0.270 e. The number of thiocarbonyl (C=S) groups is 1. The molecule has 188 valence electrons. The minimum absolute atomic E-state index is 0.143. The number of pyridine rings is 1. The van der Waals surface area contributed by atoms with E-state index in [1.54, 1.807) is 9.47 Å². The van der Waals surface area contributed by atoms with Crippen LogP contribution in [0.25, 0.3) is 6.08 Å². The van der Waals surface area contributed by atoms with Gasteiger partial charge >= 0.3 is 0 Å². The van der Waals surface area contributed by atoms with Gasteiger partial charge in [0.2, 0.25) is 0 Å². The first kappa shape index (κ1) is 26.2. The Bertz CT molecular complexity index is 1290. The Labute approximate surface area is 222 Å². The third kappa shape index (κ3) is 5.00. The van der Waals surface area contributed by atoms with Crippen molar-refractivity contribution in [1.82, 2.24) is 9.47 Å². The summed E-state index contributed by atoms with van der Waals surface area (Å²) in [6.07, 6.45) is 6.90. The zero-order valence-corrected chi connectivity index (χ0v) is 22.8. The molecular formula is C28H32N4O2S2. The lowest BCUT2D eigenvalue weighted by atomic mass is 10.0. The predicted octanol–water partition coefficient (Wildman–Crippen LogP) is 5.78. The summed E-state index contributed by atoms with van der Waals surface area (Å²) in [5, 5.41) is 9.87. The van der Waals surface area contributed by atoms with Crippen LogP contribution in [0, 0.1) is 18.3 Å². The molecule has 36 heavy (non-hydrogen) atoms. The summed E-state index contributed by atoms with van der Waals surface area (Å²) in [5.41, 5.74) is 2.31. The monoisotopic (exact) mass is 520 g/mol. The van der Waals surface area contributed by atoms with E-state index in [9.17, 15) is 14.9 Å². The number of aromatic nitrogens is 1. The number of nitriles is 1. The lowest BCUT2D eigenvalue weighted by Gasteiger charge is -2.33. The van der Waals surface area contributed by atoms with E-state index < -0.39 is 0 Å². The molecule has 4 rings (SSSR count). The average molecular weight is 521 g/mol. The Balaban J connectivity index is 1.84. The second-order valence-corrected chi connectivity index (χ2v) is 11.0. The highest BCUT2D eigenvalue weighted by molar-refractivity contribution is 8.26. The molecule has 2 aromatic rings. The summed E-state index contributed by atoms with van der Waals surface area (Å²) in [6, 6.07) is 11.8. The molecular weight excluding hydrogens is 488 g/mol. The van der Waals surface area contributed by atoms with Crippen molar-refractivity contribution in [3.63, 3.8) is 0 Å². The van der Waals surface area contributed by atoms with Crippen molar-refractivity contribution in [3.05, 3.63) is 67.8 Å². The van der Waals surface area contributed by atoms with E-state index in [2.05, 4.69) is 17.9 Å². The van der Waals surface area contributed by atoms with Crippen LogP contribution >= 0.6 is 24.0 Å². The number of unbranched alkanes of at least 4 members (excludes halogenated alkanes) is 1. The third-order valence-electron chi connectivity index (χ3n) is 7.01. The number of carbonyl (C=O) groups excluding carboxylic acids is 1. The van der Waals surface area contributed by atoms with E-state index in [4.69, 9.17) is 12.2 Å². The van der Waals surface area contributed by atoms with Gasteiger partial charge in [0.25, 0.3) is 11.5 Å². The number of nitrogens with zero attached hydrogens (tertiary/aromatic N) is 4. The van der Waals surface area contributed by atoms with Crippen molar-refractivity contribution in [3.8, 4) is 6.07 Å². The van der Waals surface area contributed by atoms with Crippen LogP contribution in [-0.4, -0.2) is 32.8 Å². The topological polar surface area (TPSA) is 69.3 Å². The fourth-order valence-electron chi connectivity index (χ4n) is 4.94. The van der Waals surface area contributed by atoms with Gasteiger partial charge in [0.1, 0.15) is 21.8 Å². The molecule has 0 saturated carbocycles. The van der Waals surface area contributed by atoms with Crippen molar-refractivity contribution in [2.24, 2.45) is 0 Å². The average Bonchev–Trinajstić information content (AvgIpc) is 3.18. The lowest BCUT2D eigenvalue weighted by molar-refractivity contribution is -0.123. The molecule has 1 amide bonds. The van der Waals surface area contributed by atoms with Crippen LogP contribution in [0.1, 0.15) is 74.2 Å². The van der Waals surface area contributed by atoms with Gasteiger partial charge < -0.3 is 4.90 Å². The Morgan fingerprint density at radius 3 is 2.50 bits per heavy atom. The fraction of sp³-hybridized carbons (Fsp3) is 0.429. The van der Waals surface area contributed by atoms with Gasteiger partial charge in [0.15, 0.2) is 0 Å². The van der Waals surface area contributed by atoms with Crippen LogP contribution in [0.3, 0.4) is 0 Å². The number of hydrogen-bond acceptors (Lipinski definition) is 6. The molecule has 0 radical (unpaired) electrons. The van der Waals surface area contributed by atoms with Crippen LogP contribution in [-0.2, 0) is 11.3 Å². The zero-order valence-electron chi connectivity index (χ0n) is 21.1. The molecule has 1 unspecified atom stereocenters. The molecule has 0 spiro atoms. The number of piperidine rings is 1. The highest BCUT2D eigenvalue weighted by Crippen LogP contribution is 2.40. The Kier molecular flexibility index (Phi) is 8.32. The second-order valence-electron chi connectivity index (χ2n) is 9.35. The molecule has 3 heterocycles. The maximum atomic E-state index is 13.6. The van der Waals surface area contributed by atoms with Crippen LogP contribution in [0.5, 0.6) is 0 Å². The molecule has 2 saturated heterocycles. The van der Waals surface area contributed by atoms with Gasteiger partial charge in [0.05, 0.1) is 10.9 Å². The molecule has 0 aliphatic carbocycles. The summed E-state index contributed by atoms with van der Waals surface area (Å²) in [7, 11) is 0. The van der Waals surface area contributed by atoms with E-state index >= 15 is 0 Å². The van der Waals surface area contributed by atoms with Gasteiger partial charge in [-0.2, -0.15) is 5.26 Å². The van der Waals surface area contributed by atoms with E-state index in [0.717, 1.165) is 62.1 Å². The number of thioether (sulfide) groups is 1. The van der Waals surface area contributed by atoms with Crippen molar-refractivity contribution < 1.29 is 4.79 Å². The Hall–Kier alpha value is -2.89. The van der Waals surface area contributed by atoms with E-state index in [0.29, 0.717) is 21.3 Å². The van der Waals surface area contributed by atoms with E-state index in [-0.39, 0.29) is 23.1 Å². The quantitative estimate of drug-likeness (QED) is 0.340. The number of anilines is 1. The van der Waals surface area contributed by atoms with Crippen LogP contribution in [0.15, 0.2) is 40.0 Å². The summed E-state index contributed by atoms with van der Waals surface area (Å²) in [6.45, 7) is 8.13. The van der Waals surface area contributed by atoms with Crippen molar-refractivity contribution in [1.29, 1.82) is 5.26 Å². The Morgan fingerprint density at radius 1 is 1.17 bits per heavy atom. The van der Waals surface area contributed by atoms with Gasteiger partial charge in [-0.05, 0) is 56.7 Å². The molecule has 8 heteroatoms. The summed E-state index contributed by atoms with van der Waals surface area (Å²) in [5.74, 6) is 0.682. The molecule has 0 N–H and O–H groups in total. The molecule has 2 aliphatic heterocycles. The largest absolute Gasteiger partial charge is 0.357 e. The molecule has 1 aromatic carbocycles. The third-order valence-corrected chi connectivity index (χ3v) is 8.34. The SMILES string of the molecule is CCCCn1c(N2CCCCC2)c(/C=C2/SC(=S)N(C(C)c3ccccc3)C2=O)c(C)c(C#N)c1=O. The molecule has 0 bridgehead atoms. The highest BCUT2D eigenvalue weighted by atomic mass is 32.2. The normalized spacial score (nSPS) is 18.1. The number of carbonyl (C=O) groups is 1. The van der Waals surface area contributed by atoms with Crippen molar-refractivity contribution in [2.45, 2.75) is 65.5 Å². The van der Waals surface area contributed by atoms with Crippen molar-refractivity contribution >= 4 is 46.1 Å².